The van der Waals surface area contributed by atoms with Gasteiger partial charge in [0.15, 0.2) is 0 Å². The molecule has 3 nitrogen and oxygen atoms in total. The van der Waals surface area contributed by atoms with Crippen LogP contribution in [0.4, 0.5) is 27.8 Å². The first-order valence-corrected chi connectivity index (χ1v) is 28.3. The summed E-state index contributed by atoms with van der Waals surface area (Å²) < 4.78 is 8.63. The predicted octanol–water partition coefficient (Wildman–Crippen LogP) is 18.7. The molecule has 0 amide bonds. The Morgan fingerprint density at radius 1 is 0.507 bits per heavy atom. The van der Waals surface area contributed by atoms with E-state index in [9.17, 15) is 0 Å². The topological polar surface area (TPSA) is 28.4 Å². The normalized spacial score (nSPS) is 17.0. The third kappa shape index (κ3) is 7.81. The van der Waals surface area contributed by atoms with E-state index in [1.165, 1.54) is 107 Å². The van der Waals surface area contributed by atoms with Gasteiger partial charge in [-0.05, 0) is 168 Å². The van der Waals surface area contributed by atoms with E-state index in [-0.39, 0.29) is 27.1 Å². The SMILES string of the molecule is CC(C)(C)c1ccc(N2c3cc4c(oc5ccccc54)c(-c4ccc(-c5ccccc5)cc4Nc4ccc5c(c4)C(C)(C)CCC5(C)C)c3Bc3c2sc2cc4c(cc32)C(C)(C)CCC4(C)C)c(-c2ccccc2)c1. The smallest absolute Gasteiger partial charge is 0.200 e. The average molecular weight is 997 g/mol. The minimum atomic E-state index is -0.0440. The van der Waals surface area contributed by atoms with Crippen molar-refractivity contribution >= 4 is 89.3 Å². The zero-order chi connectivity index (χ0) is 52.0. The summed E-state index contributed by atoms with van der Waals surface area (Å²) in [5.74, 6) is 0. The van der Waals surface area contributed by atoms with Crippen LogP contribution < -0.4 is 21.1 Å². The highest BCUT2D eigenvalue weighted by molar-refractivity contribution is 7.25. The molecule has 0 unspecified atom stereocenters. The Labute approximate surface area is 449 Å². The number of nitrogens with zero attached hydrogens (tertiary/aromatic N) is 1. The summed E-state index contributed by atoms with van der Waals surface area (Å²) in [7, 11) is 0.759. The first-order valence-electron chi connectivity index (χ1n) is 27.5. The molecule has 3 heterocycles. The van der Waals surface area contributed by atoms with Gasteiger partial charge in [-0.3, -0.25) is 0 Å². The van der Waals surface area contributed by atoms with Gasteiger partial charge in [0.2, 0.25) is 7.28 Å². The van der Waals surface area contributed by atoms with Crippen LogP contribution in [0, 0.1) is 0 Å². The van der Waals surface area contributed by atoms with Crippen molar-refractivity contribution in [2.75, 3.05) is 10.2 Å². The fourth-order valence-corrected chi connectivity index (χ4v) is 14.4. The van der Waals surface area contributed by atoms with Crippen molar-refractivity contribution in [3.8, 4) is 33.4 Å². The van der Waals surface area contributed by atoms with Crippen molar-refractivity contribution in [1.82, 2.24) is 0 Å². The third-order valence-electron chi connectivity index (χ3n) is 18.0. The maximum atomic E-state index is 7.27. The first-order chi connectivity index (χ1) is 35.8. The molecule has 10 aromatic rings. The molecule has 2 aliphatic carbocycles. The molecule has 0 saturated heterocycles. The summed E-state index contributed by atoms with van der Waals surface area (Å²) in [6.07, 6.45) is 4.69. The van der Waals surface area contributed by atoms with Crippen molar-refractivity contribution in [3.05, 3.63) is 186 Å². The Kier molecular flexibility index (Phi) is 10.8. The van der Waals surface area contributed by atoms with E-state index in [0.29, 0.717) is 0 Å². The summed E-state index contributed by atoms with van der Waals surface area (Å²) >= 11 is 1.97. The lowest BCUT2D eigenvalue weighted by Crippen LogP contribution is -2.40. The molecule has 0 bridgehead atoms. The second-order valence-corrected chi connectivity index (χ2v) is 26.9. The number of furan rings is 1. The highest BCUT2D eigenvalue weighted by Crippen LogP contribution is 2.54. The lowest BCUT2D eigenvalue weighted by molar-refractivity contribution is 0.332. The number of hydrogen-bond acceptors (Lipinski definition) is 4. The van der Waals surface area contributed by atoms with Gasteiger partial charge in [0.1, 0.15) is 11.2 Å². The number of fused-ring (bicyclic) bond motifs is 9. The van der Waals surface area contributed by atoms with Crippen LogP contribution in [-0.2, 0) is 27.1 Å². The van der Waals surface area contributed by atoms with Crippen molar-refractivity contribution in [3.63, 3.8) is 0 Å². The summed E-state index contributed by atoms with van der Waals surface area (Å²) in [6, 6.07) is 59.7. The van der Waals surface area contributed by atoms with Gasteiger partial charge in [-0.15, -0.1) is 11.3 Å². The first kappa shape index (κ1) is 47.9. The second kappa shape index (κ2) is 16.8. The fourth-order valence-electron chi connectivity index (χ4n) is 13.2. The maximum absolute atomic E-state index is 7.27. The molecule has 374 valence electrons. The van der Waals surface area contributed by atoms with Gasteiger partial charge in [-0.1, -0.05) is 179 Å². The van der Waals surface area contributed by atoms with Gasteiger partial charge in [0, 0.05) is 49.2 Å². The Morgan fingerprint density at radius 2 is 1.13 bits per heavy atom. The lowest BCUT2D eigenvalue weighted by Gasteiger charge is -2.42. The molecule has 5 heteroatoms. The summed E-state index contributed by atoms with van der Waals surface area (Å²) in [5, 5.41) is 9.05. The molecule has 1 aliphatic heterocycles. The zero-order valence-corrected chi connectivity index (χ0v) is 46.6. The van der Waals surface area contributed by atoms with Gasteiger partial charge in [0.25, 0.3) is 0 Å². The minimum Gasteiger partial charge on any atom is -0.455 e. The molecule has 8 aromatic carbocycles. The van der Waals surface area contributed by atoms with Crippen LogP contribution in [0.3, 0.4) is 0 Å². The number of rotatable bonds is 6. The molecule has 13 rings (SSSR count). The van der Waals surface area contributed by atoms with Gasteiger partial charge >= 0.3 is 0 Å². The summed E-state index contributed by atoms with van der Waals surface area (Å²) in [4.78, 5) is 2.66. The highest BCUT2D eigenvalue weighted by atomic mass is 32.1. The minimum absolute atomic E-state index is 0.0440. The largest absolute Gasteiger partial charge is 0.455 e. The average Bonchev–Trinajstić information content (AvgIpc) is 3.95. The van der Waals surface area contributed by atoms with Crippen LogP contribution in [0.5, 0.6) is 0 Å². The van der Waals surface area contributed by atoms with Crippen molar-refractivity contribution in [2.24, 2.45) is 0 Å². The predicted molar refractivity (Wildman–Crippen MR) is 326 cm³/mol. The molecule has 1 N–H and O–H groups in total. The number of thiophene rings is 1. The zero-order valence-electron chi connectivity index (χ0n) is 45.8. The molecule has 0 spiro atoms. The molecular formula is C70H69BN2OS. The molecule has 3 aliphatic rings. The summed E-state index contributed by atoms with van der Waals surface area (Å²) in [6.45, 7) is 26.5. The van der Waals surface area contributed by atoms with Crippen LogP contribution in [0.1, 0.15) is 130 Å². The van der Waals surface area contributed by atoms with E-state index >= 15 is 0 Å². The Hall–Kier alpha value is -6.82. The van der Waals surface area contributed by atoms with E-state index in [1.807, 2.05) is 11.3 Å². The maximum Gasteiger partial charge on any atom is 0.200 e. The number of anilines is 5. The number of hydrogen-bond donors (Lipinski definition) is 1. The lowest BCUT2D eigenvalue weighted by atomic mass is 9.57. The van der Waals surface area contributed by atoms with E-state index in [2.05, 4.69) is 244 Å². The molecule has 0 radical (unpaired) electrons. The third-order valence-corrected chi connectivity index (χ3v) is 19.2. The van der Waals surface area contributed by atoms with Crippen LogP contribution in [0.25, 0.3) is 65.4 Å². The van der Waals surface area contributed by atoms with E-state index in [1.54, 1.807) is 0 Å². The Bertz CT molecular complexity index is 3940. The van der Waals surface area contributed by atoms with Crippen LogP contribution in [-0.4, -0.2) is 7.28 Å². The number of nitrogens with one attached hydrogen (secondary N) is 1. The highest BCUT2D eigenvalue weighted by Gasteiger charge is 2.41. The van der Waals surface area contributed by atoms with E-state index < -0.39 is 0 Å². The Morgan fingerprint density at radius 3 is 1.83 bits per heavy atom. The molecular weight excluding hydrogens is 928 g/mol. The standard InChI is InChI=1S/C70H69BN2OS/c1-66(2,3)45-27-31-57(49(37-45)43-22-16-13-17-23-43)73-58-40-50-47-24-18-19-25-59(47)74-64(50)61(63(58)71-62-51-39-54-55(41-60(51)75-65(62)73)70(10,11)35-34-69(54,8)9)48-29-26-44(42-20-14-12-15-21-42)36-56(48)72-46-28-30-52-53(38-46)68(6,7)33-32-67(52,4)5/h12-31,36-41,71-72H,32-35H2,1-11H3. The van der Waals surface area contributed by atoms with Crippen molar-refractivity contribution in [1.29, 1.82) is 0 Å². The molecule has 0 fully saturated rings. The molecule has 0 atom stereocenters. The number of para-hydroxylation sites is 1. The Balaban J connectivity index is 1.13. The van der Waals surface area contributed by atoms with E-state index in [0.717, 1.165) is 58.1 Å². The quantitative estimate of drug-likeness (QED) is 0.168. The van der Waals surface area contributed by atoms with Gasteiger partial charge in [0.05, 0.1) is 10.7 Å². The van der Waals surface area contributed by atoms with Crippen LogP contribution >= 0.6 is 11.3 Å². The monoisotopic (exact) mass is 997 g/mol. The van der Waals surface area contributed by atoms with Gasteiger partial charge in [-0.25, -0.2) is 0 Å². The number of benzene rings is 8. The fraction of sp³-hybridized carbons (Fsp3) is 0.286. The van der Waals surface area contributed by atoms with Crippen LogP contribution in [0.15, 0.2) is 162 Å². The van der Waals surface area contributed by atoms with E-state index in [4.69, 9.17) is 4.42 Å². The van der Waals surface area contributed by atoms with Crippen molar-refractivity contribution < 1.29 is 4.42 Å². The molecule has 0 saturated carbocycles. The van der Waals surface area contributed by atoms with Crippen molar-refractivity contribution in [2.45, 2.75) is 129 Å². The second-order valence-electron chi connectivity index (χ2n) is 25.9. The van der Waals surface area contributed by atoms with Gasteiger partial charge in [-0.2, -0.15) is 0 Å². The van der Waals surface area contributed by atoms with Crippen LogP contribution in [0.2, 0.25) is 0 Å². The molecule has 2 aromatic heterocycles. The summed E-state index contributed by atoms with van der Waals surface area (Å²) in [5.41, 5.74) is 23.6. The van der Waals surface area contributed by atoms with Gasteiger partial charge < -0.3 is 14.6 Å². The molecule has 75 heavy (non-hydrogen) atoms.